The number of nitrogens with zero attached hydrogens (tertiary/aromatic N) is 4. The van der Waals surface area contributed by atoms with Crippen LogP contribution in [0.2, 0.25) is 0 Å². The summed E-state index contributed by atoms with van der Waals surface area (Å²) in [6, 6.07) is 21.3. The summed E-state index contributed by atoms with van der Waals surface area (Å²) in [5.74, 6) is 0.373. The molecule has 0 fully saturated rings. The third-order valence-electron chi connectivity index (χ3n) is 5.35. The highest BCUT2D eigenvalue weighted by molar-refractivity contribution is 5.89. The number of hydrogen-bond acceptors (Lipinski definition) is 5. The van der Waals surface area contributed by atoms with Crippen molar-refractivity contribution in [2.24, 2.45) is 0 Å². The molecule has 0 saturated heterocycles. The number of H-pyrrole nitrogens is 1. The number of benzene rings is 2. The minimum atomic E-state index is -0.344. The Kier molecular flexibility index (Phi) is 5.51. The molecule has 0 bridgehead atoms. The molecule has 0 spiro atoms. The van der Waals surface area contributed by atoms with Gasteiger partial charge in [-0.25, -0.2) is 9.78 Å². The molecule has 0 aliphatic heterocycles. The Labute approximate surface area is 190 Å². The molecule has 162 valence electrons. The summed E-state index contributed by atoms with van der Waals surface area (Å²) in [4.78, 5) is 23.9. The summed E-state index contributed by atoms with van der Waals surface area (Å²) >= 11 is 0. The van der Waals surface area contributed by atoms with Gasteiger partial charge < -0.3 is 9.72 Å². The van der Waals surface area contributed by atoms with Crippen LogP contribution in [0.25, 0.3) is 33.9 Å². The third-order valence-corrected chi connectivity index (χ3v) is 5.35. The molecule has 3 aromatic heterocycles. The highest BCUT2D eigenvalue weighted by Gasteiger charge is 2.10. The third kappa shape index (κ3) is 4.43. The Balaban J connectivity index is 1.34. The Hall–Kier alpha value is -4.52. The van der Waals surface area contributed by atoms with Gasteiger partial charge >= 0.3 is 5.97 Å². The standard InChI is InChI=1S/C26H21N5O2/c1-33-26(32)20-9-7-18(8-10-20)16-31-17-22(14-29-31)21-11-12-27-23(13-21)25-28-15-24(30-25)19-5-3-2-4-6-19/h2-15,17H,16H2,1H3,(H,28,30). The van der Waals surface area contributed by atoms with E-state index >= 15 is 0 Å². The molecule has 3 heterocycles. The summed E-state index contributed by atoms with van der Waals surface area (Å²) < 4.78 is 6.61. The van der Waals surface area contributed by atoms with Gasteiger partial charge in [0.05, 0.1) is 37.3 Å². The van der Waals surface area contributed by atoms with Crippen molar-refractivity contribution in [3.63, 3.8) is 0 Å². The van der Waals surface area contributed by atoms with E-state index in [1.807, 2.05) is 77.9 Å². The Morgan fingerprint density at radius 2 is 1.76 bits per heavy atom. The quantitative estimate of drug-likeness (QED) is 0.386. The van der Waals surface area contributed by atoms with E-state index in [2.05, 4.69) is 20.1 Å². The van der Waals surface area contributed by atoms with Crippen LogP contribution in [0, 0.1) is 0 Å². The van der Waals surface area contributed by atoms with Gasteiger partial charge in [0.15, 0.2) is 5.82 Å². The van der Waals surface area contributed by atoms with Crippen molar-refractivity contribution < 1.29 is 9.53 Å². The van der Waals surface area contributed by atoms with E-state index < -0.39 is 0 Å². The molecule has 5 aromatic rings. The molecular weight excluding hydrogens is 414 g/mol. The second-order valence-corrected chi connectivity index (χ2v) is 7.56. The molecule has 0 unspecified atom stereocenters. The molecule has 5 rings (SSSR count). The zero-order chi connectivity index (χ0) is 22.6. The SMILES string of the molecule is COC(=O)c1ccc(Cn2cc(-c3ccnc(-c4ncc(-c5ccccc5)[nH]4)c3)cn2)cc1. The van der Waals surface area contributed by atoms with Crippen molar-refractivity contribution in [3.8, 4) is 33.9 Å². The smallest absolute Gasteiger partial charge is 0.337 e. The predicted molar refractivity (Wildman–Crippen MR) is 125 cm³/mol. The second-order valence-electron chi connectivity index (χ2n) is 7.56. The van der Waals surface area contributed by atoms with Crippen molar-refractivity contribution in [1.82, 2.24) is 24.7 Å². The monoisotopic (exact) mass is 435 g/mol. The van der Waals surface area contributed by atoms with Crippen LogP contribution in [-0.4, -0.2) is 37.8 Å². The van der Waals surface area contributed by atoms with Crippen LogP contribution in [0.15, 0.2) is 91.5 Å². The lowest BCUT2D eigenvalue weighted by Gasteiger charge is -2.04. The first-order chi connectivity index (χ1) is 16.2. The van der Waals surface area contributed by atoms with E-state index in [0.717, 1.165) is 33.6 Å². The van der Waals surface area contributed by atoms with E-state index in [9.17, 15) is 4.79 Å². The van der Waals surface area contributed by atoms with Crippen LogP contribution in [-0.2, 0) is 11.3 Å². The number of esters is 1. The van der Waals surface area contributed by atoms with Gasteiger partial charge in [0.25, 0.3) is 0 Å². The van der Waals surface area contributed by atoms with Crippen molar-refractivity contribution >= 4 is 5.97 Å². The molecular formula is C26H21N5O2. The van der Waals surface area contributed by atoms with Crippen molar-refractivity contribution in [1.29, 1.82) is 0 Å². The predicted octanol–water partition coefficient (Wildman–Crippen LogP) is 4.84. The first-order valence-electron chi connectivity index (χ1n) is 10.5. The fraction of sp³-hybridized carbons (Fsp3) is 0.0769. The molecule has 0 amide bonds. The average molecular weight is 435 g/mol. The first kappa shape index (κ1) is 20.4. The fourth-order valence-electron chi connectivity index (χ4n) is 3.61. The number of carbonyl (C=O) groups excluding carboxylic acids is 1. The molecule has 0 atom stereocenters. The highest BCUT2D eigenvalue weighted by Crippen LogP contribution is 2.25. The minimum Gasteiger partial charge on any atom is -0.465 e. The van der Waals surface area contributed by atoms with Crippen molar-refractivity contribution in [2.75, 3.05) is 7.11 Å². The zero-order valence-corrected chi connectivity index (χ0v) is 18.0. The summed E-state index contributed by atoms with van der Waals surface area (Å²) in [6.07, 6.45) is 7.42. The lowest BCUT2D eigenvalue weighted by Crippen LogP contribution is -2.03. The first-order valence-corrected chi connectivity index (χ1v) is 10.5. The van der Waals surface area contributed by atoms with Gasteiger partial charge in [0.2, 0.25) is 0 Å². The molecule has 0 aliphatic carbocycles. The summed E-state index contributed by atoms with van der Waals surface area (Å²) in [5, 5.41) is 4.49. The Morgan fingerprint density at radius 3 is 2.55 bits per heavy atom. The van der Waals surface area contributed by atoms with E-state index in [1.165, 1.54) is 7.11 Å². The van der Waals surface area contributed by atoms with Gasteiger partial charge in [0.1, 0.15) is 5.69 Å². The molecule has 33 heavy (non-hydrogen) atoms. The number of ether oxygens (including phenoxy) is 1. The highest BCUT2D eigenvalue weighted by atomic mass is 16.5. The normalized spacial score (nSPS) is 10.8. The zero-order valence-electron chi connectivity index (χ0n) is 18.0. The summed E-state index contributed by atoms with van der Waals surface area (Å²) in [7, 11) is 1.38. The van der Waals surface area contributed by atoms with Gasteiger partial charge in [-0.05, 0) is 41.0 Å². The van der Waals surface area contributed by atoms with Crippen LogP contribution >= 0.6 is 0 Å². The topological polar surface area (TPSA) is 85.7 Å². The van der Waals surface area contributed by atoms with Crippen molar-refractivity contribution in [2.45, 2.75) is 6.54 Å². The number of methoxy groups -OCH3 is 1. The molecule has 0 radical (unpaired) electrons. The van der Waals surface area contributed by atoms with Crippen LogP contribution in [0.1, 0.15) is 15.9 Å². The maximum atomic E-state index is 11.6. The van der Waals surface area contributed by atoms with Gasteiger partial charge in [-0.3, -0.25) is 9.67 Å². The Morgan fingerprint density at radius 1 is 0.939 bits per heavy atom. The van der Waals surface area contributed by atoms with Gasteiger partial charge in [-0.1, -0.05) is 42.5 Å². The number of pyridine rings is 1. The van der Waals surface area contributed by atoms with Crippen LogP contribution in [0.3, 0.4) is 0 Å². The van der Waals surface area contributed by atoms with Crippen LogP contribution < -0.4 is 0 Å². The number of carbonyl (C=O) groups is 1. The Bertz CT molecular complexity index is 1390. The van der Waals surface area contributed by atoms with Crippen molar-refractivity contribution in [3.05, 3.63) is 103 Å². The second kappa shape index (κ2) is 8.92. The fourth-order valence-corrected chi connectivity index (χ4v) is 3.61. The van der Waals surface area contributed by atoms with Gasteiger partial charge in [-0.2, -0.15) is 5.10 Å². The van der Waals surface area contributed by atoms with E-state index in [1.54, 1.807) is 18.3 Å². The molecule has 0 saturated carbocycles. The average Bonchev–Trinajstić information content (AvgIpc) is 3.55. The van der Waals surface area contributed by atoms with Gasteiger partial charge in [-0.15, -0.1) is 0 Å². The molecule has 7 heteroatoms. The molecule has 0 aliphatic rings. The molecule has 2 aromatic carbocycles. The van der Waals surface area contributed by atoms with Gasteiger partial charge in [0, 0.05) is 18.0 Å². The lowest BCUT2D eigenvalue weighted by atomic mass is 10.1. The minimum absolute atomic E-state index is 0.344. The maximum absolute atomic E-state index is 11.6. The van der Waals surface area contributed by atoms with E-state index in [-0.39, 0.29) is 5.97 Å². The number of nitrogens with one attached hydrogen (secondary N) is 1. The number of aromatic nitrogens is 5. The van der Waals surface area contributed by atoms with Crippen LogP contribution in [0.4, 0.5) is 0 Å². The van der Waals surface area contributed by atoms with Crippen LogP contribution in [0.5, 0.6) is 0 Å². The number of rotatable bonds is 6. The van der Waals surface area contributed by atoms with E-state index in [4.69, 9.17) is 4.74 Å². The van der Waals surface area contributed by atoms with E-state index in [0.29, 0.717) is 17.9 Å². The number of hydrogen-bond donors (Lipinski definition) is 1. The summed E-state index contributed by atoms with van der Waals surface area (Å²) in [5.41, 5.74) is 6.35. The summed E-state index contributed by atoms with van der Waals surface area (Å²) in [6.45, 7) is 0.595. The molecule has 7 nitrogen and oxygen atoms in total. The lowest BCUT2D eigenvalue weighted by molar-refractivity contribution is 0.0600. The molecule has 1 N–H and O–H groups in total. The maximum Gasteiger partial charge on any atom is 0.337 e. The number of imidazole rings is 1. The number of aromatic amines is 1. The largest absolute Gasteiger partial charge is 0.465 e.